The van der Waals surface area contributed by atoms with Crippen molar-refractivity contribution in [2.24, 2.45) is 28.1 Å². The Labute approximate surface area is 206 Å². The number of Topliss-reactive ketones (excluding diaryl/α,β-unsaturated/α-hetero) is 1. The van der Waals surface area contributed by atoms with E-state index in [0.29, 0.717) is 12.8 Å². The van der Waals surface area contributed by atoms with Crippen molar-refractivity contribution in [3.05, 3.63) is 11.6 Å². The number of aliphatic hydroxyl groups excluding tert-OH is 6. The third-order valence-corrected chi connectivity index (χ3v) is 9.76. The summed E-state index contributed by atoms with van der Waals surface area (Å²) in [6.07, 6.45) is -2.81. The number of carbonyl (C=O) groups excluding carboxylic acids is 1. The van der Waals surface area contributed by atoms with Gasteiger partial charge in [-0.25, -0.2) is 0 Å². The highest BCUT2D eigenvalue weighted by Gasteiger charge is 2.60. The lowest BCUT2D eigenvalue weighted by molar-refractivity contribution is -0.299. The van der Waals surface area contributed by atoms with Gasteiger partial charge in [-0.2, -0.15) is 0 Å². The second-order valence-corrected chi connectivity index (χ2v) is 12.3. The van der Waals surface area contributed by atoms with Crippen molar-refractivity contribution in [3.8, 4) is 0 Å². The Bertz CT molecular complexity index is 841. The summed E-state index contributed by atoms with van der Waals surface area (Å²) >= 11 is 0. The second kappa shape index (κ2) is 9.44. The molecule has 4 rings (SSSR count). The van der Waals surface area contributed by atoms with Crippen molar-refractivity contribution in [2.45, 2.75) is 103 Å². The Morgan fingerprint density at radius 2 is 1.74 bits per heavy atom. The number of rotatable bonds is 5. The molecule has 4 aliphatic rings. The molecule has 0 aromatic rings. The van der Waals surface area contributed by atoms with E-state index in [0.717, 1.165) is 19.3 Å². The number of hydrogen-bond acceptors (Lipinski definition) is 9. The molecule has 1 saturated heterocycles. The van der Waals surface area contributed by atoms with Crippen LogP contribution in [-0.2, 0) is 14.3 Å². The summed E-state index contributed by atoms with van der Waals surface area (Å²) in [6, 6.07) is 0. The van der Waals surface area contributed by atoms with Crippen molar-refractivity contribution in [1.29, 1.82) is 0 Å². The highest BCUT2D eigenvalue weighted by atomic mass is 16.7. The first-order valence-corrected chi connectivity index (χ1v) is 12.8. The van der Waals surface area contributed by atoms with Gasteiger partial charge >= 0.3 is 0 Å². The van der Waals surface area contributed by atoms with E-state index >= 15 is 0 Å². The number of hydrogen-bond donors (Lipinski definition) is 6. The van der Waals surface area contributed by atoms with Crippen LogP contribution >= 0.6 is 0 Å². The number of carbonyl (C=O) groups is 1. The maximum absolute atomic E-state index is 13.3. The van der Waals surface area contributed by atoms with Gasteiger partial charge in [-0.15, -0.1) is 0 Å². The van der Waals surface area contributed by atoms with Crippen molar-refractivity contribution < 1.29 is 44.9 Å². The van der Waals surface area contributed by atoms with E-state index in [4.69, 9.17) is 9.47 Å². The van der Waals surface area contributed by atoms with Crippen molar-refractivity contribution >= 4 is 5.78 Å². The molecule has 0 aromatic carbocycles. The fraction of sp³-hybridized carbons (Fsp3) is 0.885. The van der Waals surface area contributed by atoms with Crippen molar-refractivity contribution in [1.82, 2.24) is 0 Å². The lowest BCUT2D eigenvalue weighted by atomic mass is 9.44. The zero-order valence-electron chi connectivity index (χ0n) is 21.1. The zero-order valence-corrected chi connectivity index (χ0v) is 21.1. The summed E-state index contributed by atoms with van der Waals surface area (Å²) in [5, 5.41) is 60.7. The standard InChI is InChI=1S/C26H42O9/c1-24(2)17-6-5-13-9-25(3,8-7-14(13)26(17,4)10-15(28)22(24)33)18(29)12-34-23-21(32)20(31)19(30)16(11-27)35-23/h9,14-17,19-23,27-28,30-33H,5-8,10-12H2,1-4H3/t14-,15+,16+,17-,19+,20+,21-,22+,23+,25+,26+/m0/s1. The summed E-state index contributed by atoms with van der Waals surface area (Å²) in [5.74, 6) is 0.326. The lowest BCUT2D eigenvalue weighted by Gasteiger charge is -2.61. The first-order chi connectivity index (χ1) is 16.3. The largest absolute Gasteiger partial charge is 0.394 e. The zero-order chi connectivity index (χ0) is 25.9. The van der Waals surface area contributed by atoms with E-state index in [9.17, 15) is 35.4 Å². The second-order valence-electron chi connectivity index (χ2n) is 12.3. The van der Waals surface area contributed by atoms with Gasteiger partial charge < -0.3 is 40.1 Å². The predicted molar refractivity (Wildman–Crippen MR) is 125 cm³/mol. The van der Waals surface area contributed by atoms with Gasteiger partial charge in [0.25, 0.3) is 0 Å². The summed E-state index contributed by atoms with van der Waals surface area (Å²) in [5.41, 5.74) is -0.0964. The van der Waals surface area contributed by atoms with Crippen LogP contribution in [0.1, 0.15) is 59.8 Å². The molecule has 9 heteroatoms. The molecular formula is C26H42O9. The molecule has 0 spiro atoms. The Kier molecular flexibility index (Phi) is 7.32. The quantitative estimate of drug-likeness (QED) is 0.293. The SMILES string of the molecule is CC1(C)[C@H](O)[C@H](O)C[C@]2(C)[C@H]3CC[C@@](C)(C(=O)CO[C@@H]4O[C@H](CO)[C@@H](O)[C@@H](O)[C@@H]4O)C=C3CC[C@@H]12. The molecule has 1 aliphatic heterocycles. The molecule has 35 heavy (non-hydrogen) atoms. The Balaban J connectivity index is 1.47. The number of ether oxygens (including phenoxy) is 2. The van der Waals surface area contributed by atoms with E-state index in [-0.39, 0.29) is 29.6 Å². The first kappa shape index (κ1) is 27.1. The lowest BCUT2D eigenvalue weighted by Crippen LogP contribution is -2.60. The van der Waals surface area contributed by atoms with Crippen LogP contribution in [0.4, 0.5) is 0 Å². The number of ketones is 1. The molecule has 11 atom stereocenters. The van der Waals surface area contributed by atoms with Crippen LogP contribution in [-0.4, -0.2) is 92.5 Å². The van der Waals surface area contributed by atoms with Gasteiger partial charge in [0.15, 0.2) is 12.1 Å². The normalized spacial score (nSPS) is 49.5. The summed E-state index contributed by atoms with van der Waals surface area (Å²) in [6.45, 7) is 7.29. The molecule has 200 valence electrons. The fourth-order valence-corrected chi connectivity index (χ4v) is 7.61. The average molecular weight is 499 g/mol. The van der Waals surface area contributed by atoms with E-state index in [1.807, 2.05) is 20.8 Å². The van der Waals surface area contributed by atoms with E-state index < -0.39 is 60.4 Å². The third kappa shape index (κ3) is 4.42. The highest BCUT2D eigenvalue weighted by molar-refractivity contribution is 5.87. The Morgan fingerprint density at radius 3 is 2.40 bits per heavy atom. The van der Waals surface area contributed by atoms with Gasteiger partial charge in [0.2, 0.25) is 0 Å². The molecule has 0 bridgehead atoms. The molecule has 3 fully saturated rings. The molecule has 0 radical (unpaired) electrons. The van der Waals surface area contributed by atoms with Gasteiger partial charge in [0.05, 0.1) is 18.8 Å². The van der Waals surface area contributed by atoms with Crippen LogP contribution in [0, 0.1) is 28.1 Å². The van der Waals surface area contributed by atoms with E-state index in [1.165, 1.54) is 5.57 Å². The molecule has 0 unspecified atom stereocenters. The summed E-state index contributed by atoms with van der Waals surface area (Å²) in [4.78, 5) is 13.3. The van der Waals surface area contributed by atoms with Crippen LogP contribution < -0.4 is 0 Å². The van der Waals surface area contributed by atoms with Gasteiger partial charge in [-0.3, -0.25) is 4.79 Å². The molecule has 0 aromatic heterocycles. The number of allylic oxidation sites excluding steroid dienone is 2. The topological polar surface area (TPSA) is 157 Å². The maximum Gasteiger partial charge on any atom is 0.187 e. The molecule has 1 heterocycles. The van der Waals surface area contributed by atoms with E-state index in [1.54, 1.807) is 0 Å². The van der Waals surface area contributed by atoms with Crippen LogP contribution in [0.2, 0.25) is 0 Å². The fourth-order valence-electron chi connectivity index (χ4n) is 7.61. The van der Waals surface area contributed by atoms with Gasteiger partial charge in [0, 0.05) is 5.41 Å². The minimum Gasteiger partial charge on any atom is -0.394 e. The molecule has 6 N–H and O–H groups in total. The van der Waals surface area contributed by atoms with Crippen LogP contribution in [0.15, 0.2) is 11.6 Å². The van der Waals surface area contributed by atoms with Gasteiger partial charge in [-0.05, 0) is 61.7 Å². The molecule has 2 saturated carbocycles. The smallest absolute Gasteiger partial charge is 0.187 e. The predicted octanol–water partition coefficient (Wildman–Crippen LogP) is 0.283. The van der Waals surface area contributed by atoms with E-state index in [2.05, 4.69) is 13.0 Å². The monoisotopic (exact) mass is 498 g/mol. The van der Waals surface area contributed by atoms with Crippen molar-refractivity contribution in [2.75, 3.05) is 13.2 Å². The highest BCUT2D eigenvalue weighted by Crippen LogP contribution is 2.63. The summed E-state index contributed by atoms with van der Waals surface area (Å²) in [7, 11) is 0. The van der Waals surface area contributed by atoms with Crippen molar-refractivity contribution in [3.63, 3.8) is 0 Å². The minimum atomic E-state index is -1.56. The molecule has 9 nitrogen and oxygen atoms in total. The number of aliphatic hydroxyl groups is 6. The first-order valence-electron chi connectivity index (χ1n) is 12.8. The molecule has 3 aliphatic carbocycles. The molecule has 0 amide bonds. The average Bonchev–Trinajstić information content (AvgIpc) is 2.80. The van der Waals surface area contributed by atoms with Crippen LogP contribution in [0.25, 0.3) is 0 Å². The Morgan fingerprint density at radius 1 is 1.06 bits per heavy atom. The minimum absolute atomic E-state index is 0.163. The maximum atomic E-state index is 13.3. The molecular weight excluding hydrogens is 456 g/mol. The Hall–Kier alpha value is -0.910. The summed E-state index contributed by atoms with van der Waals surface area (Å²) < 4.78 is 10.9. The van der Waals surface area contributed by atoms with Gasteiger partial charge in [-0.1, -0.05) is 32.4 Å². The van der Waals surface area contributed by atoms with Gasteiger partial charge in [0.1, 0.15) is 31.0 Å². The van der Waals surface area contributed by atoms with Crippen LogP contribution in [0.3, 0.4) is 0 Å². The number of fused-ring (bicyclic) bond motifs is 3. The van der Waals surface area contributed by atoms with Crippen LogP contribution in [0.5, 0.6) is 0 Å². The third-order valence-electron chi connectivity index (χ3n) is 9.76.